The van der Waals surface area contributed by atoms with Gasteiger partial charge >= 0.3 is 0 Å². The molecule has 4 amide bonds. The van der Waals surface area contributed by atoms with Gasteiger partial charge in [-0.3, -0.25) is 24.1 Å². The van der Waals surface area contributed by atoms with Gasteiger partial charge in [-0.2, -0.15) is 0 Å². The summed E-state index contributed by atoms with van der Waals surface area (Å²) in [4.78, 5) is 55.4. The van der Waals surface area contributed by atoms with Crippen LogP contribution in [0.2, 0.25) is 0 Å². The van der Waals surface area contributed by atoms with E-state index in [0.717, 1.165) is 5.56 Å². The van der Waals surface area contributed by atoms with Crippen molar-refractivity contribution in [3.05, 3.63) is 107 Å². The van der Waals surface area contributed by atoms with E-state index in [1.54, 1.807) is 36.4 Å². The van der Waals surface area contributed by atoms with E-state index in [0.29, 0.717) is 29.7 Å². The van der Waals surface area contributed by atoms with Gasteiger partial charge in [0.25, 0.3) is 11.8 Å². The molecule has 1 heterocycles. The fraction of sp³-hybridized carbons (Fsp3) is 0.312. The maximum atomic E-state index is 13.7. The van der Waals surface area contributed by atoms with Crippen LogP contribution in [0.5, 0.6) is 0 Å². The molecule has 1 N–H and O–H groups in total. The number of hydrogen-bond acceptors (Lipinski definition) is 4. The number of amides is 4. The van der Waals surface area contributed by atoms with Gasteiger partial charge in [-0.25, -0.2) is 4.39 Å². The molecular formula is C32H34FN3O4. The average Bonchev–Trinajstić information content (AvgIpc) is 3.20. The van der Waals surface area contributed by atoms with E-state index in [-0.39, 0.29) is 55.5 Å². The highest BCUT2D eigenvalue weighted by molar-refractivity contribution is 6.21. The third kappa shape index (κ3) is 7.00. The normalized spacial score (nSPS) is 13.3. The molecule has 0 fully saturated rings. The fourth-order valence-electron chi connectivity index (χ4n) is 4.74. The molecule has 8 heteroatoms. The second-order valence-electron chi connectivity index (χ2n) is 10.4. The number of imide groups is 1. The van der Waals surface area contributed by atoms with E-state index in [9.17, 15) is 23.6 Å². The first kappa shape index (κ1) is 28.7. The van der Waals surface area contributed by atoms with E-state index < -0.39 is 11.9 Å². The van der Waals surface area contributed by atoms with Gasteiger partial charge in [-0.1, -0.05) is 68.4 Å². The lowest BCUT2D eigenvalue weighted by Gasteiger charge is -2.32. The Morgan fingerprint density at radius 3 is 2.05 bits per heavy atom. The van der Waals surface area contributed by atoms with Crippen molar-refractivity contribution < 1.29 is 23.6 Å². The second kappa shape index (κ2) is 13.2. The number of fused-ring (bicyclic) bond motifs is 1. The molecule has 208 valence electrons. The summed E-state index contributed by atoms with van der Waals surface area (Å²) in [6.45, 7) is 4.65. The zero-order valence-electron chi connectivity index (χ0n) is 22.8. The second-order valence-corrected chi connectivity index (χ2v) is 10.4. The SMILES string of the molecule is CC(C)CNC(=O)[C@@H](Cc1ccccc1)N(Cc1ccc(F)cc1)C(=O)CCCN1C(=O)c2ccccc2C1=O. The summed E-state index contributed by atoms with van der Waals surface area (Å²) in [5.41, 5.74) is 2.31. The molecular weight excluding hydrogens is 509 g/mol. The molecule has 0 aliphatic carbocycles. The van der Waals surface area contributed by atoms with Crippen molar-refractivity contribution in [2.24, 2.45) is 5.92 Å². The average molecular weight is 544 g/mol. The topological polar surface area (TPSA) is 86.8 Å². The van der Waals surface area contributed by atoms with Crippen LogP contribution in [0.15, 0.2) is 78.9 Å². The number of nitrogens with one attached hydrogen (secondary N) is 1. The van der Waals surface area contributed by atoms with Crippen LogP contribution in [0.1, 0.15) is 58.5 Å². The minimum absolute atomic E-state index is 0.0251. The van der Waals surface area contributed by atoms with Crippen molar-refractivity contribution in [3.8, 4) is 0 Å². The van der Waals surface area contributed by atoms with Crippen LogP contribution in [0, 0.1) is 11.7 Å². The van der Waals surface area contributed by atoms with E-state index >= 15 is 0 Å². The predicted molar refractivity (Wildman–Crippen MR) is 150 cm³/mol. The van der Waals surface area contributed by atoms with Crippen LogP contribution in [-0.4, -0.2) is 52.6 Å². The Kier molecular flexibility index (Phi) is 9.43. The lowest BCUT2D eigenvalue weighted by molar-refractivity contribution is -0.141. The quantitative estimate of drug-likeness (QED) is 0.338. The van der Waals surface area contributed by atoms with E-state index in [2.05, 4.69) is 5.32 Å². The molecule has 4 rings (SSSR count). The number of hydrogen-bond donors (Lipinski definition) is 1. The minimum Gasteiger partial charge on any atom is -0.354 e. The van der Waals surface area contributed by atoms with Crippen molar-refractivity contribution in [2.75, 3.05) is 13.1 Å². The standard InChI is InChI=1S/C32H34FN3O4/c1-22(2)20-34-30(38)28(19-23-9-4-3-5-10-23)36(21-24-14-16-25(33)17-15-24)29(37)13-8-18-35-31(39)26-11-6-7-12-27(26)32(35)40/h3-7,9-12,14-17,22,28H,8,13,18-21H2,1-2H3,(H,34,38)/t28-/m1/s1. The Balaban J connectivity index is 1.53. The third-order valence-electron chi connectivity index (χ3n) is 6.87. The molecule has 0 bridgehead atoms. The summed E-state index contributed by atoms with van der Waals surface area (Å²) in [5.74, 6) is -1.47. The first-order valence-corrected chi connectivity index (χ1v) is 13.6. The first-order chi connectivity index (χ1) is 19.2. The van der Waals surface area contributed by atoms with E-state index in [1.165, 1.54) is 21.9 Å². The highest BCUT2D eigenvalue weighted by atomic mass is 19.1. The molecule has 0 saturated carbocycles. The zero-order valence-corrected chi connectivity index (χ0v) is 22.8. The van der Waals surface area contributed by atoms with Crippen LogP contribution >= 0.6 is 0 Å². The van der Waals surface area contributed by atoms with E-state index in [4.69, 9.17) is 0 Å². The predicted octanol–water partition coefficient (Wildman–Crippen LogP) is 4.61. The zero-order chi connectivity index (χ0) is 28.6. The molecule has 1 atom stereocenters. The van der Waals surface area contributed by atoms with Gasteiger partial charge in [-0.15, -0.1) is 0 Å². The van der Waals surface area contributed by atoms with Gasteiger partial charge in [0.05, 0.1) is 11.1 Å². The summed E-state index contributed by atoms with van der Waals surface area (Å²) >= 11 is 0. The molecule has 3 aromatic rings. The monoisotopic (exact) mass is 543 g/mol. The van der Waals surface area contributed by atoms with Crippen molar-refractivity contribution >= 4 is 23.6 Å². The summed E-state index contributed by atoms with van der Waals surface area (Å²) in [6, 6.07) is 21.2. The Bertz CT molecular complexity index is 1320. The Labute approximate surface area is 234 Å². The Morgan fingerprint density at radius 1 is 0.850 bits per heavy atom. The van der Waals surface area contributed by atoms with Crippen molar-refractivity contribution in [1.29, 1.82) is 0 Å². The number of benzene rings is 3. The molecule has 0 radical (unpaired) electrons. The summed E-state index contributed by atoms with van der Waals surface area (Å²) in [6.07, 6.45) is 0.573. The molecule has 40 heavy (non-hydrogen) atoms. The third-order valence-corrected chi connectivity index (χ3v) is 6.87. The molecule has 3 aromatic carbocycles. The maximum absolute atomic E-state index is 13.7. The van der Waals surface area contributed by atoms with Gasteiger partial charge in [0.15, 0.2) is 0 Å². The molecule has 7 nitrogen and oxygen atoms in total. The lowest BCUT2D eigenvalue weighted by Crippen LogP contribution is -2.51. The Morgan fingerprint density at radius 2 is 1.45 bits per heavy atom. The number of rotatable bonds is 12. The number of nitrogens with zero attached hydrogens (tertiary/aromatic N) is 2. The number of carbonyl (C=O) groups excluding carboxylic acids is 4. The molecule has 0 saturated heterocycles. The summed E-state index contributed by atoms with van der Waals surface area (Å²) < 4.78 is 13.6. The largest absolute Gasteiger partial charge is 0.354 e. The molecule has 0 spiro atoms. The van der Waals surface area contributed by atoms with Crippen molar-refractivity contribution in [1.82, 2.24) is 15.1 Å². The van der Waals surface area contributed by atoms with Gasteiger partial charge in [0, 0.05) is 32.5 Å². The minimum atomic E-state index is -0.807. The number of carbonyl (C=O) groups is 4. The van der Waals surface area contributed by atoms with Crippen LogP contribution < -0.4 is 5.32 Å². The molecule has 0 aromatic heterocycles. The Hall–Kier alpha value is -4.33. The summed E-state index contributed by atoms with van der Waals surface area (Å²) in [5, 5.41) is 2.96. The number of halogens is 1. The van der Waals surface area contributed by atoms with Gasteiger partial charge in [0.2, 0.25) is 11.8 Å². The molecule has 1 aliphatic rings. The fourth-order valence-corrected chi connectivity index (χ4v) is 4.74. The lowest BCUT2D eigenvalue weighted by atomic mass is 10.0. The smallest absolute Gasteiger partial charge is 0.261 e. The highest BCUT2D eigenvalue weighted by Gasteiger charge is 2.35. The highest BCUT2D eigenvalue weighted by Crippen LogP contribution is 2.23. The van der Waals surface area contributed by atoms with E-state index in [1.807, 2.05) is 44.2 Å². The summed E-state index contributed by atoms with van der Waals surface area (Å²) in [7, 11) is 0. The van der Waals surface area contributed by atoms with Gasteiger partial charge in [-0.05, 0) is 47.7 Å². The van der Waals surface area contributed by atoms with Crippen LogP contribution in [-0.2, 0) is 22.6 Å². The van der Waals surface area contributed by atoms with Crippen molar-refractivity contribution in [2.45, 2.75) is 45.7 Å². The van der Waals surface area contributed by atoms with Crippen molar-refractivity contribution in [3.63, 3.8) is 0 Å². The van der Waals surface area contributed by atoms with Gasteiger partial charge < -0.3 is 10.2 Å². The van der Waals surface area contributed by atoms with Crippen LogP contribution in [0.3, 0.4) is 0 Å². The first-order valence-electron chi connectivity index (χ1n) is 13.6. The molecule has 0 unspecified atom stereocenters. The maximum Gasteiger partial charge on any atom is 0.261 e. The van der Waals surface area contributed by atoms with Gasteiger partial charge in [0.1, 0.15) is 11.9 Å². The van der Waals surface area contributed by atoms with Crippen LogP contribution in [0.4, 0.5) is 4.39 Å². The van der Waals surface area contributed by atoms with Crippen LogP contribution in [0.25, 0.3) is 0 Å². The molecule has 1 aliphatic heterocycles.